The first-order valence-electron chi connectivity index (χ1n) is 4.87. The third-order valence-corrected chi connectivity index (χ3v) is 3.12. The van der Waals surface area contributed by atoms with Crippen LogP contribution >= 0.6 is 11.3 Å². The lowest BCUT2D eigenvalue weighted by Crippen LogP contribution is -2.35. The van der Waals surface area contributed by atoms with E-state index >= 15 is 0 Å². The van der Waals surface area contributed by atoms with Gasteiger partial charge in [-0.2, -0.15) is 0 Å². The molecule has 0 atom stereocenters. The molecule has 0 spiro atoms. The quantitative estimate of drug-likeness (QED) is 0.834. The Morgan fingerprint density at radius 3 is 2.53 bits per heavy atom. The Morgan fingerprint density at radius 2 is 2.13 bits per heavy atom. The van der Waals surface area contributed by atoms with Crippen molar-refractivity contribution in [3.8, 4) is 0 Å². The minimum absolute atomic E-state index is 0.0533. The minimum atomic E-state index is -0.842. The summed E-state index contributed by atoms with van der Waals surface area (Å²) in [6.07, 6.45) is 0. The summed E-state index contributed by atoms with van der Waals surface area (Å²) < 4.78 is 0. The maximum Gasteiger partial charge on any atom is 0.345 e. The molecular weight excluding hydrogens is 210 g/mol. The fraction of sp³-hybridized carbons (Fsp3) is 0.545. The Balaban J connectivity index is 2.74. The third kappa shape index (κ3) is 3.64. The average Bonchev–Trinajstić information content (AvgIpc) is 2.42. The first kappa shape index (κ1) is 12.2. The number of carboxylic acid groups (broad SMARTS) is 1. The van der Waals surface area contributed by atoms with E-state index in [9.17, 15) is 4.79 Å². The van der Waals surface area contributed by atoms with E-state index in [-0.39, 0.29) is 5.54 Å². The van der Waals surface area contributed by atoms with E-state index in [2.05, 4.69) is 26.1 Å². The molecule has 0 radical (unpaired) electrons. The fourth-order valence-corrected chi connectivity index (χ4v) is 2.04. The molecule has 0 amide bonds. The number of thiophene rings is 1. The molecule has 3 nitrogen and oxygen atoms in total. The highest BCUT2D eigenvalue weighted by Crippen LogP contribution is 2.21. The lowest BCUT2D eigenvalue weighted by atomic mass is 10.1. The Bertz CT molecular complexity index is 363. The molecular formula is C11H17NO2S. The zero-order chi connectivity index (χ0) is 11.6. The number of hydrogen-bond donors (Lipinski definition) is 2. The maximum absolute atomic E-state index is 10.8. The lowest BCUT2D eigenvalue weighted by molar-refractivity contribution is 0.0702. The smallest absolute Gasteiger partial charge is 0.345 e. The van der Waals surface area contributed by atoms with E-state index in [1.807, 2.05) is 6.92 Å². The number of carboxylic acids is 1. The van der Waals surface area contributed by atoms with E-state index in [1.165, 1.54) is 11.3 Å². The molecule has 84 valence electrons. The maximum atomic E-state index is 10.8. The van der Waals surface area contributed by atoms with Gasteiger partial charge in [-0.15, -0.1) is 11.3 Å². The summed E-state index contributed by atoms with van der Waals surface area (Å²) in [4.78, 5) is 12.2. The summed E-state index contributed by atoms with van der Waals surface area (Å²) in [5.41, 5.74) is 1.13. The second kappa shape index (κ2) is 4.33. The third-order valence-electron chi connectivity index (χ3n) is 2.04. The van der Waals surface area contributed by atoms with Gasteiger partial charge in [0.2, 0.25) is 0 Å². The number of hydrogen-bond acceptors (Lipinski definition) is 3. The van der Waals surface area contributed by atoms with E-state index in [1.54, 1.807) is 6.07 Å². The Hall–Kier alpha value is -0.870. The summed E-state index contributed by atoms with van der Waals surface area (Å²) in [6, 6.07) is 1.75. The van der Waals surface area contributed by atoms with Crippen LogP contribution in [0.1, 0.15) is 40.9 Å². The zero-order valence-electron chi connectivity index (χ0n) is 9.55. The summed E-state index contributed by atoms with van der Waals surface area (Å²) in [7, 11) is 0. The van der Waals surface area contributed by atoms with Gasteiger partial charge in [0.05, 0.1) is 0 Å². The number of carbonyl (C=O) groups is 1. The fourth-order valence-electron chi connectivity index (χ4n) is 1.16. The van der Waals surface area contributed by atoms with Crippen LogP contribution in [-0.4, -0.2) is 16.6 Å². The van der Waals surface area contributed by atoms with Crippen LogP contribution < -0.4 is 5.32 Å². The zero-order valence-corrected chi connectivity index (χ0v) is 10.4. The van der Waals surface area contributed by atoms with Crippen LogP contribution in [0.15, 0.2) is 6.07 Å². The van der Waals surface area contributed by atoms with Crippen molar-refractivity contribution in [3.05, 3.63) is 21.4 Å². The standard InChI is InChI=1S/C11H17NO2S/c1-7-8(6-12-11(2,3)4)5-9(15-7)10(13)14/h5,12H,6H2,1-4H3,(H,13,14). The molecule has 1 aromatic rings. The minimum Gasteiger partial charge on any atom is -0.477 e. The molecule has 1 rings (SSSR count). The second-order valence-electron chi connectivity index (χ2n) is 4.60. The predicted octanol–water partition coefficient (Wildman–Crippen LogP) is 2.64. The highest BCUT2D eigenvalue weighted by molar-refractivity contribution is 7.14. The molecule has 15 heavy (non-hydrogen) atoms. The summed E-state index contributed by atoms with van der Waals surface area (Å²) in [6.45, 7) is 8.95. The SMILES string of the molecule is Cc1sc(C(=O)O)cc1CNC(C)(C)C. The van der Waals surface area contributed by atoms with Crippen molar-refractivity contribution < 1.29 is 9.90 Å². The molecule has 0 aliphatic rings. The summed E-state index contributed by atoms with van der Waals surface area (Å²) in [5.74, 6) is -0.842. The van der Waals surface area contributed by atoms with Crippen LogP contribution in [-0.2, 0) is 6.54 Å². The molecule has 0 bridgehead atoms. The number of aryl methyl sites for hydroxylation is 1. The highest BCUT2D eigenvalue weighted by atomic mass is 32.1. The molecule has 1 aromatic heterocycles. The molecule has 0 aromatic carbocycles. The van der Waals surface area contributed by atoms with Gasteiger partial charge < -0.3 is 10.4 Å². The summed E-state index contributed by atoms with van der Waals surface area (Å²) >= 11 is 1.33. The largest absolute Gasteiger partial charge is 0.477 e. The molecule has 0 aliphatic heterocycles. The normalized spacial score (nSPS) is 11.7. The van der Waals surface area contributed by atoms with Crippen molar-refractivity contribution in [2.45, 2.75) is 39.8 Å². The van der Waals surface area contributed by atoms with Crippen LogP contribution in [0.3, 0.4) is 0 Å². The van der Waals surface area contributed by atoms with Gasteiger partial charge in [0.1, 0.15) is 4.88 Å². The van der Waals surface area contributed by atoms with Crippen LogP contribution in [0.5, 0.6) is 0 Å². The molecule has 2 N–H and O–H groups in total. The molecule has 0 fully saturated rings. The van der Waals surface area contributed by atoms with Crippen molar-refractivity contribution in [3.63, 3.8) is 0 Å². The van der Waals surface area contributed by atoms with Gasteiger partial charge >= 0.3 is 5.97 Å². The first-order valence-corrected chi connectivity index (χ1v) is 5.69. The second-order valence-corrected chi connectivity index (χ2v) is 5.86. The van der Waals surface area contributed by atoms with Gasteiger partial charge in [-0.3, -0.25) is 0 Å². The van der Waals surface area contributed by atoms with Gasteiger partial charge in [-0.1, -0.05) is 0 Å². The van der Waals surface area contributed by atoms with E-state index in [0.717, 1.165) is 17.0 Å². The highest BCUT2D eigenvalue weighted by Gasteiger charge is 2.13. The van der Waals surface area contributed by atoms with Crippen molar-refractivity contribution >= 4 is 17.3 Å². The number of rotatable bonds is 3. The molecule has 0 saturated carbocycles. The van der Waals surface area contributed by atoms with Gasteiger partial charge in [0.25, 0.3) is 0 Å². The molecule has 0 saturated heterocycles. The van der Waals surface area contributed by atoms with E-state index in [4.69, 9.17) is 5.11 Å². The molecule has 1 heterocycles. The van der Waals surface area contributed by atoms with Gasteiger partial charge in [-0.05, 0) is 39.3 Å². The summed E-state index contributed by atoms with van der Waals surface area (Å²) in [5, 5.41) is 12.2. The monoisotopic (exact) mass is 227 g/mol. The van der Waals surface area contributed by atoms with Crippen molar-refractivity contribution in [2.24, 2.45) is 0 Å². The molecule has 4 heteroatoms. The van der Waals surface area contributed by atoms with Gasteiger partial charge in [0, 0.05) is 17.0 Å². The van der Waals surface area contributed by atoms with E-state index in [0.29, 0.717) is 4.88 Å². The average molecular weight is 227 g/mol. The van der Waals surface area contributed by atoms with E-state index < -0.39 is 5.97 Å². The number of nitrogens with one attached hydrogen (secondary N) is 1. The van der Waals surface area contributed by atoms with Crippen LogP contribution in [0.4, 0.5) is 0 Å². The Labute approximate surface area is 94.1 Å². The van der Waals surface area contributed by atoms with Crippen LogP contribution in [0.25, 0.3) is 0 Å². The topological polar surface area (TPSA) is 49.3 Å². The Morgan fingerprint density at radius 1 is 1.53 bits per heavy atom. The van der Waals surface area contributed by atoms with Gasteiger partial charge in [0.15, 0.2) is 0 Å². The van der Waals surface area contributed by atoms with Crippen molar-refractivity contribution in [1.82, 2.24) is 5.32 Å². The van der Waals surface area contributed by atoms with Crippen LogP contribution in [0.2, 0.25) is 0 Å². The Kier molecular flexibility index (Phi) is 3.52. The first-order chi connectivity index (χ1) is 6.79. The molecule has 0 unspecified atom stereocenters. The molecule has 0 aliphatic carbocycles. The van der Waals surface area contributed by atoms with Crippen molar-refractivity contribution in [2.75, 3.05) is 0 Å². The van der Waals surface area contributed by atoms with Gasteiger partial charge in [-0.25, -0.2) is 4.79 Å². The lowest BCUT2D eigenvalue weighted by Gasteiger charge is -2.20. The van der Waals surface area contributed by atoms with Crippen LogP contribution in [0, 0.1) is 6.92 Å². The van der Waals surface area contributed by atoms with Crippen molar-refractivity contribution in [1.29, 1.82) is 0 Å². The number of aromatic carboxylic acids is 1. The predicted molar refractivity (Wildman–Crippen MR) is 62.6 cm³/mol.